The van der Waals surface area contributed by atoms with Gasteiger partial charge in [-0.3, -0.25) is 0 Å². The smallest absolute Gasteiger partial charge is 0.136 e. The van der Waals surface area contributed by atoms with Gasteiger partial charge < -0.3 is 11.1 Å². The van der Waals surface area contributed by atoms with Crippen molar-refractivity contribution < 1.29 is 4.39 Å². The van der Waals surface area contributed by atoms with Gasteiger partial charge in [0.05, 0.1) is 15.7 Å². The number of anilines is 3. The zero-order chi connectivity index (χ0) is 14.3. The summed E-state index contributed by atoms with van der Waals surface area (Å²) in [5.74, 6) is 1.46. The number of nitrogens with zero attached hydrogens (tertiary/aromatic N) is 2. The van der Waals surface area contributed by atoms with Gasteiger partial charge in [0.2, 0.25) is 0 Å². The number of hydrogen-bond acceptors (Lipinski definition) is 4. The van der Waals surface area contributed by atoms with Crippen LogP contribution >= 0.6 is 23.2 Å². The van der Waals surface area contributed by atoms with E-state index < -0.39 is 5.82 Å². The van der Waals surface area contributed by atoms with Crippen molar-refractivity contribution in [1.29, 1.82) is 0 Å². The molecule has 0 unspecified atom stereocenters. The minimum Gasteiger partial charge on any atom is -0.384 e. The molecule has 2 aromatic rings. The molecule has 4 nitrogen and oxygen atoms in total. The third-order valence-electron chi connectivity index (χ3n) is 2.97. The molecule has 0 saturated heterocycles. The van der Waals surface area contributed by atoms with Gasteiger partial charge in [-0.15, -0.1) is 0 Å². The molecule has 3 N–H and O–H groups in total. The summed E-state index contributed by atoms with van der Waals surface area (Å²) in [6, 6.07) is 3.95. The molecule has 0 amide bonds. The molecular formula is C13H11Cl2FN4. The highest BCUT2D eigenvalue weighted by Gasteiger charge is 2.27. The van der Waals surface area contributed by atoms with Gasteiger partial charge in [0.15, 0.2) is 0 Å². The minimum absolute atomic E-state index is 0.181. The molecule has 20 heavy (non-hydrogen) atoms. The predicted octanol–water partition coefficient (Wildman–Crippen LogP) is 4.13. The van der Waals surface area contributed by atoms with Gasteiger partial charge in [-0.1, -0.05) is 23.2 Å². The molecule has 0 atom stereocenters. The number of nitrogens with two attached hydrogens (primary N) is 1. The van der Waals surface area contributed by atoms with Crippen LogP contribution < -0.4 is 11.1 Å². The van der Waals surface area contributed by atoms with Crippen molar-refractivity contribution in [2.45, 2.75) is 18.8 Å². The average molecular weight is 313 g/mol. The molecule has 1 heterocycles. The lowest BCUT2D eigenvalue weighted by Gasteiger charge is -2.11. The molecule has 7 heteroatoms. The SMILES string of the molecule is Nc1cc(Nc2c(Cl)cc(F)cc2Cl)nc(C2CC2)n1. The molecule has 0 radical (unpaired) electrons. The molecule has 1 aliphatic rings. The predicted molar refractivity (Wildman–Crippen MR) is 78.1 cm³/mol. The quantitative estimate of drug-likeness (QED) is 0.894. The van der Waals surface area contributed by atoms with E-state index in [1.807, 2.05) is 0 Å². The maximum Gasteiger partial charge on any atom is 0.136 e. The molecular weight excluding hydrogens is 302 g/mol. The first-order valence-electron chi connectivity index (χ1n) is 6.09. The Morgan fingerprint density at radius 2 is 1.80 bits per heavy atom. The molecule has 0 aliphatic heterocycles. The molecule has 1 aromatic heterocycles. The summed E-state index contributed by atoms with van der Waals surface area (Å²) in [5.41, 5.74) is 6.16. The molecule has 104 valence electrons. The van der Waals surface area contributed by atoms with Crippen molar-refractivity contribution in [3.8, 4) is 0 Å². The maximum absolute atomic E-state index is 13.1. The van der Waals surface area contributed by atoms with E-state index in [2.05, 4.69) is 15.3 Å². The Labute approximate surface area is 125 Å². The van der Waals surface area contributed by atoms with Crippen LogP contribution in [0.25, 0.3) is 0 Å². The van der Waals surface area contributed by atoms with Crippen LogP contribution in [0.5, 0.6) is 0 Å². The second-order valence-corrected chi connectivity index (χ2v) is 5.49. The lowest BCUT2D eigenvalue weighted by atomic mass is 10.3. The lowest BCUT2D eigenvalue weighted by Crippen LogP contribution is -2.03. The number of aromatic nitrogens is 2. The van der Waals surface area contributed by atoms with E-state index in [9.17, 15) is 4.39 Å². The number of halogens is 3. The van der Waals surface area contributed by atoms with Gasteiger partial charge in [0, 0.05) is 12.0 Å². The topological polar surface area (TPSA) is 63.8 Å². The molecule has 0 bridgehead atoms. The standard InChI is InChI=1S/C13H11Cl2FN4/c14-8-3-7(16)4-9(15)12(8)19-11-5-10(17)18-13(20-11)6-1-2-6/h3-6H,1-2H2,(H3,17,18,19,20). The van der Waals surface area contributed by atoms with E-state index in [0.29, 0.717) is 29.1 Å². The summed E-state index contributed by atoms with van der Waals surface area (Å²) in [5, 5.41) is 3.33. The molecule has 3 rings (SSSR count). The summed E-state index contributed by atoms with van der Waals surface area (Å²) in [4.78, 5) is 8.58. The Hall–Kier alpha value is -1.59. The van der Waals surface area contributed by atoms with Crippen molar-refractivity contribution in [2.75, 3.05) is 11.1 Å². The molecule has 1 aromatic carbocycles. The van der Waals surface area contributed by atoms with E-state index in [-0.39, 0.29) is 10.0 Å². The van der Waals surface area contributed by atoms with E-state index in [1.54, 1.807) is 6.07 Å². The summed E-state index contributed by atoms with van der Waals surface area (Å²) in [7, 11) is 0. The molecule has 1 saturated carbocycles. The number of rotatable bonds is 3. The largest absolute Gasteiger partial charge is 0.384 e. The van der Waals surface area contributed by atoms with E-state index in [4.69, 9.17) is 28.9 Å². The second-order valence-electron chi connectivity index (χ2n) is 4.68. The van der Waals surface area contributed by atoms with Gasteiger partial charge >= 0.3 is 0 Å². The monoisotopic (exact) mass is 312 g/mol. The van der Waals surface area contributed by atoms with Crippen LogP contribution in [0.1, 0.15) is 24.6 Å². The molecule has 1 aliphatic carbocycles. The van der Waals surface area contributed by atoms with Gasteiger partial charge in [-0.2, -0.15) is 0 Å². The number of nitrogen functional groups attached to an aromatic ring is 1. The van der Waals surface area contributed by atoms with Crippen molar-refractivity contribution in [2.24, 2.45) is 0 Å². The Balaban J connectivity index is 1.95. The third kappa shape index (κ3) is 2.78. The van der Waals surface area contributed by atoms with Crippen LogP contribution in [0.15, 0.2) is 18.2 Å². The summed E-state index contributed by atoms with van der Waals surface area (Å²) >= 11 is 12.0. The first kappa shape index (κ1) is 13.4. The van der Waals surface area contributed by atoms with E-state index in [1.165, 1.54) is 12.1 Å². The van der Waals surface area contributed by atoms with E-state index in [0.717, 1.165) is 12.8 Å². The fourth-order valence-corrected chi connectivity index (χ4v) is 2.42. The minimum atomic E-state index is -0.494. The molecule has 0 spiro atoms. The summed E-state index contributed by atoms with van der Waals surface area (Å²) < 4.78 is 13.1. The van der Waals surface area contributed by atoms with Gasteiger partial charge in [-0.05, 0) is 25.0 Å². The average Bonchev–Trinajstić information content (AvgIpc) is 3.17. The van der Waals surface area contributed by atoms with Crippen LogP contribution in [0.2, 0.25) is 10.0 Å². The fraction of sp³-hybridized carbons (Fsp3) is 0.231. The summed E-state index contributed by atoms with van der Waals surface area (Å²) in [6.45, 7) is 0. The number of benzene rings is 1. The Bertz CT molecular complexity index is 650. The second kappa shape index (κ2) is 5.07. The Kier molecular flexibility index (Phi) is 3.40. The Morgan fingerprint density at radius 1 is 1.15 bits per heavy atom. The van der Waals surface area contributed by atoms with Crippen molar-refractivity contribution >= 4 is 40.5 Å². The van der Waals surface area contributed by atoms with Crippen molar-refractivity contribution in [3.63, 3.8) is 0 Å². The van der Waals surface area contributed by atoms with E-state index >= 15 is 0 Å². The maximum atomic E-state index is 13.1. The highest BCUT2D eigenvalue weighted by Crippen LogP contribution is 2.39. The zero-order valence-corrected chi connectivity index (χ0v) is 11.8. The van der Waals surface area contributed by atoms with Crippen LogP contribution in [-0.4, -0.2) is 9.97 Å². The highest BCUT2D eigenvalue weighted by molar-refractivity contribution is 6.39. The lowest BCUT2D eigenvalue weighted by molar-refractivity contribution is 0.628. The number of hydrogen-bond donors (Lipinski definition) is 2. The van der Waals surface area contributed by atoms with Gasteiger partial charge in [0.25, 0.3) is 0 Å². The van der Waals surface area contributed by atoms with Crippen LogP contribution in [0.3, 0.4) is 0 Å². The number of nitrogens with one attached hydrogen (secondary N) is 1. The first-order valence-corrected chi connectivity index (χ1v) is 6.84. The van der Waals surface area contributed by atoms with Gasteiger partial charge in [-0.25, -0.2) is 14.4 Å². The van der Waals surface area contributed by atoms with Crippen molar-refractivity contribution in [1.82, 2.24) is 9.97 Å². The first-order chi connectivity index (χ1) is 9.52. The third-order valence-corrected chi connectivity index (χ3v) is 3.56. The normalized spacial score (nSPS) is 14.3. The molecule has 1 fully saturated rings. The van der Waals surface area contributed by atoms with Gasteiger partial charge in [0.1, 0.15) is 23.3 Å². The van der Waals surface area contributed by atoms with Crippen molar-refractivity contribution in [3.05, 3.63) is 39.9 Å². The highest BCUT2D eigenvalue weighted by atomic mass is 35.5. The fourth-order valence-electron chi connectivity index (χ4n) is 1.86. The Morgan fingerprint density at radius 3 is 2.40 bits per heavy atom. The van der Waals surface area contributed by atoms with Crippen LogP contribution in [0, 0.1) is 5.82 Å². The van der Waals surface area contributed by atoms with Crippen LogP contribution in [-0.2, 0) is 0 Å². The summed E-state index contributed by atoms with van der Waals surface area (Å²) in [6.07, 6.45) is 2.14. The van der Waals surface area contributed by atoms with Crippen LogP contribution in [0.4, 0.5) is 21.7 Å². The zero-order valence-electron chi connectivity index (χ0n) is 10.3.